The zero-order valence-corrected chi connectivity index (χ0v) is 19.4. The lowest BCUT2D eigenvalue weighted by atomic mass is 10.0. The quantitative estimate of drug-likeness (QED) is 0.0974. The van der Waals surface area contributed by atoms with Gasteiger partial charge in [-0.05, 0) is 18.9 Å². The number of unbranched alkanes of at least 4 members (excludes halogenated alkanes) is 14. The van der Waals surface area contributed by atoms with E-state index in [1.807, 2.05) is 13.0 Å². The van der Waals surface area contributed by atoms with Crippen LogP contribution in [-0.2, 0) is 13.9 Å². The second kappa shape index (κ2) is 19.6. The summed E-state index contributed by atoms with van der Waals surface area (Å²) in [5.74, 6) is -0.822. The normalized spacial score (nSPS) is 12.3. The smallest absolute Gasteiger partial charge is 0.269 e. The lowest BCUT2D eigenvalue weighted by molar-refractivity contribution is -0.310. The first-order valence-electron chi connectivity index (χ1n) is 11.0. The lowest BCUT2D eigenvalue weighted by Crippen LogP contribution is -2.34. The molecule has 0 rings (SSSR count). The minimum absolute atomic E-state index is 0.534. The molecule has 0 saturated carbocycles. The predicted molar refractivity (Wildman–Crippen MR) is 116 cm³/mol. The van der Waals surface area contributed by atoms with E-state index in [9.17, 15) is 0 Å². The van der Waals surface area contributed by atoms with Crippen molar-refractivity contribution in [3.63, 3.8) is 0 Å². The van der Waals surface area contributed by atoms with E-state index < -0.39 is 15.7 Å². The van der Waals surface area contributed by atoms with Crippen molar-refractivity contribution in [3.8, 4) is 0 Å². The van der Waals surface area contributed by atoms with Crippen LogP contribution in [0.2, 0.25) is 6.04 Å². The molecule has 0 spiro atoms. The number of allylic oxidation sites excluding steroid dienone is 1. The van der Waals surface area contributed by atoms with Crippen LogP contribution < -0.4 is 0 Å². The van der Waals surface area contributed by atoms with E-state index in [-0.39, 0.29) is 0 Å². The van der Waals surface area contributed by atoms with Crippen molar-refractivity contribution in [3.05, 3.63) is 12.7 Å². The molecule has 26 heavy (non-hydrogen) atoms. The van der Waals surface area contributed by atoms with Gasteiger partial charge in [0, 0.05) is 21.1 Å². The van der Waals surface area contributed by atoms with Gasteiger partial charge in [-0.25, -0.2) is 0 Å². The van der Waals surface area contributed by atoms with Gasteiger partial charge in [0.1, 0.15) is 0 Å². The van der Waals surface area contributed by atoms with Crippen LogP contribution in [0.5, 0.6) is 0 Å². The molecule has 0 bridgehead atoms. The van der Waals surface area contributed by atoms with E-state index in [0.717, 1.165) is 0 Å². The summed E-state index contributed by atoms with van der Waals surface area (Å²) < 4.78 is 16.2. The molecule has 0 aliphatic rings. The Balaban J connectivity index is 3.12. The molecule has 0 atom stereocenters. The number of methoxy groups -OCH3 is 2. The Morgan fingerprint density at radius 3 is 1.46 bits per heavy atom. The monoisotopic (exact) mass is 386 g/mol. The third-order valence-corrected chi connectivity index (χ3v) is 6.68. The fourth-order valence-corrected chi connectivity index (χ4v) is 4.46. The number of hydrogen-bond acceptors (Lipinski definition) is 3. The van der Waals surface area contributed by atoms with Gasteiger partial charge in [-0.1, -0.05) is 89.5 Å². The van der Waals surface area contributed by atoms with E-state index in [1.165, 1.54) is 102 Å². The fourth-order valence-electron chi connectivity index (χ4n) is 3.15. The van der Waals surface area contributed by atoms with E-state index in [1.54, 1.807) is 14.2 Å². The summed E-state index contributed by atoms with van der Waals surface area (Å²) >= 11 is 0. The number of ether oxygens (including phenoxy) is 2. The first-order valence-corrected chi connectivity index (χ1v) is 12.6. The zero-order valence-electron chi connectivity index (χ0n) is 18.0. The van der Waals surface area contributed by atoms with E-state index in [2.05, 4.69) is 6.58 Å². The second-order valence-electron chi connectivity index (χ2n) is 7.50. The molecule has 0 saturated heterocycles. The molecule has 0 aromatic rings. The highest BCUT2D eigenvalue weighted by atomic mass is 28.2. The Bertz CT molecular complexity index is 293. The van der Waals surface area contributed by atoms with E-state index in [0.29, 0.717) is 0 Å². The highest BCUT2D eigenvalue weighted by molar-refractivity contribution is 6.27. The number of hydrogen-bond donors (Lipinski definition) is 0. The summed E-state index contributed by atoms with van der Waals surface area (Å²) in [6.45, 7) is 5.61. The van der Waals surface area contributed by atoms with Crippen molar-refractivity contribution in [2.45, 2.75) is 115 Å². The summed E-state index contributed by atoms with van der Waals surface area (Å²) in [4.78, 5) is 0. The van der Waals surface area contributed by atoms with Gasteiger partial charge in [-0.2, -0.15) is 0 Å². The summed E-state index contributed by atoms with van der Waals surface area (Å²) in [5, 5.41) is 0. The average Bonchev–Trinajstić information content (AvgIpc) is 2.66. The zero-order chi connectivity index (χ0) is 19.3. The first kappa shape index (κ1) is 25.8. The molecule has 0 aromatic heterocycles. The van der Waals surface area contributed by atoms with Crippen LogP contribution in [0.1, 0.15) is 103 Å². The van der Waals surface area contributed by atoms with Crippen molar-refractivity contribution in [2.24, 2.45) is 0 Å². The SMILES string of the molecule is C=CCCCCCCCCCCCCCCCC[SiH2]OC(C)(OC)OC. The standard InChI is InChI=1S/C22H46O3Si/c1-5-6-7-8-9-10-11-12-13-14-15-16-17-18-19-20-21-26-25-22(2,23-3)24-4/h5H,1,6-21,26H2,2-4H3. The molecule has 4 heteroatoms. The molecule has 0 radical (unpaired) electrons. The largest absolute Gasteiger partial charge is 0.376 e. The van der Waals surface area contributed by atoms with Crippen LogP contribution in [0.15, 0.2) is 12.7 Å². The molecule has 0 aliphatic heterocycles. The maximum atomic E-state index is 5.74. The minimum Gasteiger partial charge on any atom is -0.376 e. The van der Waals surface area contributed by atoms with Gasteiger partial charge in [-0.15, -0.1) is 6.58 Å². The van der Waals surface area contributed by atoms with Crippen molar-refractivity contribution >= 4 is 9.76 Å². The maximum Gasteiger partial charge on any atom is 0.269 e. The Kier molecular flexibility index (Phi) is 19.5. The molecule has 3 nitrogen and oxygen atoms in total. The Labute approximate surface area is 166 Å². The van der Waals surface area contributed by atoms with Crippen molar-refractivity contribution in [2.75, 3.05) is 14.2 Å². The summed E-state index contributed by atoms with van der Waals surface area (Å²) in [7, 11) is 2.72. The van der Waals surface area contributed by atoms with Gasteiger partial charge in [-0.3, -0.25) is 0 Å². The van der Waals surface area contributed by atoms with Gasteiger partial charge >= 0.3 is 0 Å². The summed E-state index contributed by atoms with van der Waals surface area (Å²) in [6.07, 6.45) is 22.8. The third kappa shape index (κ3) is 17.3. The van der Waals surface area contributed by atoms with Gasteiger partial charge in [0.2, 0.25) is 0 Å². The molecular formula is C22H46O3Si. The molecule has 0 amide bonds. The highest BCUT2D eigenvalue weighted by Gasteiger charge is 2.22. The van der Waals surface area contributed by atoms with Crippen molar-refractivity contribution in [1.29, 1.82) is 0 Å². The molecular weight excluding hydrogens is 340 g/mol. The molecule has 0 heterocycles. The van der Waals surface area contributed by atoms with Gasteiger partial charge < -0.3 is 13.9 Å². The van der Waals surface area contributed by atoms with Gasteiger partial charge in [0.25, 0.3) is 5.97 Å². The first-order chi connectivity index (χ1) is 12.7. The van der Waals surface area contributed by atoms with E-state index >= 15 is 0 Å². The van der Waals surface area contributed by atoms with Gasteiger partial charge in [0.15, 0.2) is 9.76 Å². The highest BCUT2D eigenvalue weighted by Crippen LogP contribution is 2.15. The topological polar surface area (TPSA) is 27.7 Å². The lowest BCUT2D eigenvalue weighted by Gasteiger charge is -2.26. The van der Waals surface area contributed by atoms with Crippen LogP contribution in [0.4, 0.5) is 0 Å². The Morgan fingerprint density at radius 1 is 0.692 bits per heavy atom. The van der Waals surface area contributed by atoms with E-state index in [4.69, 9.17) is 13.9 Å². The second-order valence-corrected chi connectivity index (χ2v) is 8.90. The molecule has 156 valence electrons. The Morgan fingerprint density at radius 2 is 1.08 bits per heavy atom. The maximum absolute atomic E-state index is 5.74. The van der Waals surface area contributed by atoms with Crippen LogP contribution in [-0.4, -0.2) is 30.0 Å². The summed E-state index contributed by atoms with van der Waals surface area (Å²) in [5.41, 5.74) is 0. The average molecular weight is 387 g/mol. The molecule has 0 N–H and O–H groups in total. The molecule has 0 fully saturated rings. The minimum atomic E-state index is -0.822. The number of rotatable bonds is 21. The Hall–Kier alpha value is -0.163. The molecule has 0 aliphatic carbocycles. The van der Waals surface area contributed by atoms with Crippen LogP contribution in [0.25, 0.3) is 0 Å². The van der Waals surface area contributed by atoms with Gasteiger partial charge in [0.05, 0.1) is 0 Å². The molecule has 0 aromatic carbocycles. The summed E-state index contributed by atoms with van der Waals surface area (Å²) in [6, 6.07) is 1.22. The molecule has 0 unspecified atom stereocenters. The third-order valence-electron chi connectivity index (χ3n) is 5.16. The van der Waals surface area contributed by atoms with Crippen molar-refractivity contribution in [1.82, 2.24) is 0 Å². The predicted octanol–water partition coefficient (Wildman–Crippen LogP) is 6.51. The van der Waals surface area contributed by atoms with Crippen LogP contribution in [0.3, 0.4) is 0 Å². The fraction of sp³-hybridized carbons (Fsp3) is 0.909. The van der Waals surface area contributed by atoms with Crippen molar-refractivity contribution < 1.29 is 13.9 Å². The van der Waals surface area contributed by atoms with Crippen LogP contribution in [0, 0.1) is 0 Å². The van der Waals surface area contributed by atoms with Crippen LogP contribution >= 0.6 is 0 Å².